The molecule has 2 nitrogen and oxygen atoms in total. The van der Waals surface area contributed by atoms with E-state index in [0.717, 1.165) is 4.47 Å². The number of anilines is 1. The molecule has 1 aromatic rings. The maximum atomic E-state index is 6.18. The Balaban J connectivity index is 3.13. The molecule has 0 fully saturated rings. The van der Waals surface area contributed by atoms with Gasteiger partial charge in [-0.3, -0.25) is 0 Å². The monoisotopic (exact) mass is 335 g/mol. The van der Waals surface area contributed by atoms with Crippen LogP contribution < -0.4 is 10.2 Å². The van der Waals surface area contributed by atoms with Gasteiger partial charge in [0.05, 0.1) is 10.7 Å². The first kappa shape index (κ1) is 14.9. The van der Waals surface area contributed by atoms with Crippen molar-refractivity contribution in [3.63, 3.8) is 0 Å². The van der Waals surface area contributed by atoms with Crippen molar-refractivity contribution in [2.45, 2.75) is 38.9 Å². The molecule has 0 aliphatic rings. The molecule has 0 spiro atoms. The van der Waals surface area contributed by atoms with Crippen LogP contribution in [0.3, 0.4) is 0 Å². The Hall–Kier alpha value is -0.193. The molecule has 0 saturated heterocycles. The van der Waals surface area contributed by atoms with Crippen molar-refractivity contribution in [2.24, 2.45) is 0 Å². The van der Waals surface area contributed by atoms with E-state index >= 15 is 0 Å². The van der Waals surface area contributed by atoms with Crippen molar-refractivity contribution in [3.8, 4) is 5.75 Å². The first-order valence-electron chi connectivity index (χ1n) is 5.48. The zero-order chi connectivity index (χ0) is 13.4. The van der Waals surface area contributed by atoms with Gasteiger partial charge in [0, 0.05) is 4.47 Å². The zero-order valence-corrected chi connectivity index (χ0v) is 14.2. The van der Waals surface area contributed by atoms with Gasteiger partial charge >= 0.3 is 0 Å². The molecule has 96 valence electrons. The van der Waals surface area contributed by atoms with Crippen molar-refractivity contribution < 1.29 is 4.43 Å². The minimum atomic E-state index is -1.91. The summed E-state index contributed by atoms with van der Waals surface area (Å²) in [6.45, 7) is 10.9. The summed E-state index contributed by atoms with van der Waals surface area (Å²) in [7, 11) is -1.91. The standard InChI is InChI=1S/C12H19BrClNOSi/c1-12(2,3)17(4,5)16-11-9(14)6-8(13)7-10(11)15/h6-7H,15H2,1-5H3. The van der Waals surface area contributed by atoms with Crippen LogP contribution in [0.2, 0.25) is 23.2 Å². The predicted octanol–water partition coefficient (Wildman–Crippen LogP) is 5.07. The summed E-state index contributed by atoms with van der Waals surface area (Å²) in [6, 6.07) is 3.62. The molecule has 1 rings (SSSR count). The maximum absolute atomic E-state index is 6.18. The molecule has 17 heavy (non-hydrogen) atoms. The molecule has 0 aliphatic carbocycles. The molecular weight excluding hydrogens is 318 g/mol. The summed E-state index contributed by atoms with van der Waals surface area (Å²) in [5.41, 5.74) is 6.53. The lowest BCUT2D eigenvalue weighted by Crippen LogP contribution is -2.44. The second-order valence-corrected chi connectivity index (χ2v) is 11.7. The second-order valence-electron chi connectivity index (χ2n) is 5.67. The third-order valence-electron chi connectivity index (χ3n) is 3.20. The van der Waals surface area contributed by atoms with Crippen LogP contribution in [-0.4, -0.2) is 8.32 Å². The molecule has 0 atom stereocenters. The largest absolute Gasteiger partial charge is 0.541 e. The van der Waals surface area contributed by atoms with Crippen LogP contribution in [0.15, 0.2) is 16.6 Å². The van der Waals surface area contributed by atoms with E-state index in [1.54, 1.807) is 6.07 Å². The third-order valence-corrected chi connectivity index (χ3v) is 8.27. The van der Waals surface area contributed by atoms with Gasteiger partial charge in [0.15, 0.2) is 0 Å². The van der Waals surface area contributed by atoms with E-state index < -0.39 is 8.32 Å². The van der Waals surface area contributed by atoms with E-state index in [2.05, 4.69) is 49.8 Å². The molecule has 0 aliphatic heterocycles. The second kappa shape index (κ2) is 4.82. The van der Waals surface area contributed by atoms with Crippen LogP contribution in [-0.2, 0) is 0 Å². The smallest absolute Gasteiger partial charge is 0.250 e. The molecule has 0 radical (unpaired) electrons. The average molecular weight is 337 g/mol. The van der Waals surface area contributed by atoms with Crippen molar-refractivity contribution in [1.29, 1.82) is 0 Å². The van der Waals surface area contributed by atoms with E-state index in [1.165, 1.54) is 0 Å². The molecule has 0 unspecified atom stereocenters. The van der Waals surface area contributed by atoms with E-state index in [1.807, 2.05) is 6.07 Å². The molecule has 1 aromatic carbocycles. The fourth-order valence-corrected chi connectivity index (χ4v) is 3.08. The summed E-state index contributed by atoms with van der Waals surface area (Å²) in [5.74, 6) is 0.612. The zero-order valence-electron chi connectivity index (χ0n) is 10.9. The molecule has 0 amide bonds. The van der Waals surface area contributed by atoms with E-state index in [0.29, 0.717) is 16.5 Å². The van der Waals surface area contributed by atoms with Crippen molar-refractivity contribution in [3.05, 3.63) is 21.6 Å². The lowest BCUT2D eigenvalue weighted by molar-refractivity contribution is 0.494. The molecular formula is C12H19BrClNOSi. The first-order valence-corrected chi connectivity index (χ1v) is 9.56. The van der Waals surface area contributed by atoms with E-state index in [4.69, 9.17) is 21.8 Å². The summed E-state index contributed by atoms with van der Waals surface area (Å²) < 4.78 is 7.01. The first-order chi connectivity index (χ1) is 7.54. The highest BCUT2D eigenvalue weighted by atomic mass is 79.9. The number of hydrogen-bond donors (Lipinski definition) is 1. The SMILES string of the molecule is CC(C)(C)[Si](C)(C)Oc1c(N)cc(Br)cc1Cl. The topological polar surface area (TPSA) is 35.2 Å². The molecule has 2 N–H and O–H groups in total. The van der Waals surface area contributed by atoms with Crippen LogP contribution in [0.25, 0.3) is 0 Å². The van der Waals surface area contributed by atoms with Gasteiger partial charge in [0.2, 0.25) is 0 Å². The minimum Gasteiger partial charge on any atom is -0.541 e. The molecule has 5 heteroatoms. The number of rotatable bonds is 2. The van der Waals surface area contributed by atoms with Gasteiger partial charge in [-0.1, -0.05) is 48.3 Å². The van der Waals surface area contributed by atoms with Gasteiger partial charge in [0.25, 0.3) is 8.32 Å². The summed E-state index contributed by atoms with van der Waals surface area (Å²) >= 11 is 9.54. The fraction of sp³-hybridized carbons (Fsp3) is 0.500. The van der Waals surface area contributed by atoms with Crippen LogP contribution in [0.4, 0.5) is 5.69 Å². The number of hydrogen-bond acceptors (Lipinski definition) is 2. The van der Waals surface area contributed by atoms with Gasteiger partial charge in [0.1, 0.15) is 5.75 Å². The highest BCUT2D eigenvalue weighted by Gasteiger charge is 2.39. The van der Waals surface area contributed by atoms with E-state index in [9.17, 15) is 0 Å². The fourth-order valence-electron chi connectivity index (χ4n) is 1.10. The maximum Gasteiger partial charge on any atom is 0.250 e. The van der Waals surface area contributed by atoms with Crippen molar-refractivity contribution in [1.82, 2.24) is 0 Å². The lowest BCUT2D eigenvalue weighted by atomic mass is 10.2. The van der Waals surface area contributed by atoms with Gasteiger partial charge in [-0.2, -0.15) is 0 Å². The van der Waals surface area contributed by atoms with Crippen molar-refractivity contribution >= 4 is 41.5 Å². The highest BCUT2D eigenvalue weighted by molar-refractivity contribution is 9.10. The Bertz CT molecular complexity index is 406. The number of nitrogen functional groups attached to an aromatic ring is 1. The summed E-state index contributed by atoms with van der Waals surface area (Å²) in [6.07, 6.45) is 0. The Morgan fingerprint density at radius 3 is 2.24 bits per heavy atom. The van der Waals surface area contributed by atoms with Gasteiger partial charge < -0.3 is 10.2 Å². The number of nitrogens with two attached hydrogens (primary N) is 1. The Kier molecular flexibility index (Phi) is 4.22. The normalized spacial score (nSPS) is 12.6. The average Bonchev–Trinajstić information content (AvgIpc) is 2.09. The van der Waals surface area contributed by atoms with Gasteiger partial charge in [-0.25, -0.2) is 0 Å². The van der Waals surface area contributed by atoms with Crippen LogP contribution in [0, 0.1) is 0 Å². The van der Waals surface area contributed by atoms with Crippen molar-refractivity contribution in [2.75, 3.05) is 5.73 Å². The van der Waals surface area contributed by atoms with Crippen LogP contribution in [0.1, 0.15) is 20.8 Å². The highest BCUT2D eigenvalue weighted by Crippen LogP contribution is 2.42. The molecule has 0 bridgehead atoms. The Morgan fingerprint density at radius 1 is 1.29 bits per heavy atom. The Morgan fingerprint density at radius 2 is 1.82 bits per heavy atom. The van der Waals surface area contributed by atoms with Crippen LogP contribution in [0.5, 0.6) is 5.75 Å². The molecule has 0 heterocycles. The van der Waals surface area contributed by atoms with Gasteiger partial charge in [-0.15, -0.1) is 0 Å². The lowest BCUT2D eigenvalue weighted by Gasteiger charge is -2.37. The quantitative estimate of drug-likeness (QED) is 0.604. The molecule has 0 aromatic heterocycles. The summed E-state index contributed by atoms with van der Waals surface area (Å²) in [5, 5.41) is 0.678. The van der Waals surface area contributed by atoms with E-state index in [-0.39, 0.29) is 5.04 Å². The number of benzene rings is 1. The van der Waals surface area contributed by atoms with Crippen LogP contribution >= 0.6 is 27.5 Å². The third kappa shape index (κ3) is 3.39. The Labute approximate surface area is 118 Å². The van der Waals surface area contributed by atoms with Gasteiger partial charge in [-0.05, 0) is 30.3 Å². The number of halogens is 2. The predicted molar refractivity (Wildman–Crippen MR) is 81.4 cm³/mol. The summed E-state index contributed by atoms with van der Waals surface area (Å²) in [4.78, 5) is 0. The minimum absolute atomic E-state index is 0.121. The molecule has 0 saturated carbocycles.